The first-order chi connectivity index (χ1) is 7.72. The van der Waals surface area contributed by atoms with Crippen LogP contribution in [-0.2, 0) is 22.0 Å². The molecule has 0 aliphatic rings. The predicted octanol–water partition coefficient (Wildman–Crippen LogP) is 1.54. The molecule has 0 fully saturated rings. The third-order valence-electron chi connectivity index (χ3n) is 1.81. The summed E-state index contributed by atoms with van der Waals surface area (Å²) < 4.78 is 9.75. The first kappa shape index (κ1) is 12.9. The number of halogens is 1. The maximum atomic E-state index is 11.5. The van der Waals surface area contributed by atoms with Crippen molar-refractivity contribution in [3.8, 4) is 0 Å². The molecule has 16 heavy (non-hydrogen) atoms. The first-order valence-electron chi connectivity index (χ1n) is 4.79. The normalized spacial score (nSPS) is 10.2. The Labute approximate surface area is 98.8 Å². The second kappa shape index (κ2) is 6.40. The molecule has 0 aliphatic heterocycles. The molecule has 88 valence electrons. The highest BCUT2D eigenvalue weighted by Crippen LogP contribution is 2.10. The molecule has 0 amide bonds. The highest BCUT2D eigenvalue weighted by molar-refractivity contribution is 6.17. The van der Waals surface area contributed by atoms with Gasteiger partial charge in [-0.05, 0) is 6.92 Å². The number of alkyl halides is 1. The van der Waals surface area contributed by atoms with Gasteiger partial charge in [-0.25, -0.2) is 14.8 Å². The molecule has 0 spiro atoms. The predicted molar refractivity (Wildman–Crippen MR) is 58.3 cm³/mol. The van der Waals surface area contributed by atoms with E-state index in [9.17, 15) is 4.79 Å². The van der Waals surface area contributed by atoms with Crippen LogP contribution in [0.5, 0.6) is 0 Å². The molecule has 1 aromatic heterocycles. The third-order valence-corrected chi connectivity index (χ3v) is 2.07. The van der Waals surface area contributed by atoms with Gasteiger partial charge in [-0.2, -0.15) is 0 Å². The highest BCUT2D eigenvalue weighted by Gasteiger charge is 2.14. The molecule has 0 bridgehead atoms. The minimum atomic E-state index is -0.456. The fourth-order valence-corrected chi connectivity index (χ4v) is 1.34. The van der Waals surface area contributed by atoms with Crippen LogP contribution in [0.25, 0.3) is 0 Å². The lowest BCUT2D eigenvalue weighted by molar-refractivity contribution is 0.0524. The van der Waals surface area contributed by atoms with Gasteiger partial charge in [0.05, 0.1) is 18.2 Å². The van der Waals surface area contributed by atoms with Crippen LogP contribution < -0.4 is 0 Å². The van der Waals surface area contributed by atoms with Gasteiger partial charge in [0.1, 0.15) is 12.2 Å². The van der Waals surface area contributed by atoms with Crippen molar-refractivity contribution >= 4 is 17.6 Å². The molecule has 6 heteroatoms. The van der Waals surface area contributed by atoms with Gasteiger partial charge >= 0.3 is 5.97 Å². The highest BCUT2D eigenvalue weighted by atomic mass is 35.5. The van der Waals surface area contributed by atoms with Crippen molar-refractivity contribution in [2.24, 2.45) is 0 Å². The maximum absolute atomic E-state index is 11.5. The Balaban J connectivity index is 2.96. The lowest BCUT2D eigenvalue weighted by Gasteiger charge is -2.06. The quantitative estimate of drug-likeness (QED) is 0.581. The number of hydrogen-bond donors (Lipinski definition) is 0. The first-order valence-corrected chi connectivity index (χ1v) is 5.33. The number of methoxy groups -OCH3 is 1. The molecule has 1 heterocycles. The van der Waals surface area contributed by atoms with E-state index in [1.807, 2.05) is 0 Å². The number of aromatic nitrogens is 2. The van der Waals surface area contributed by atoms with Gasteiger partial charge < -0.3 is 9.47 Å². The smallest absolute Gasteiger partial charge is 0.341 e. The Morgan fingerprint density at radius 2 is 2.31 bits per heavy atom. The molecule has 0 aromatic carbocycles. The van der Waals surface area contributed by atoms with Crippen LogP contribution in [0.15, 0.2) is 6.20 Å². The average Bonchev–Trinajstić information content (AvgIpc) is 2.29. The van der Waals surface area contributed by atoms with Crippen LogP contribution in [0, 0.1) is 0 Å². The van der Waals surface area contributed by atoms with Crippen molar-refractivity contribution in [2.75, 3.05) is 13.7 Å². The molecule has 0 saturated heterocycles. The van der Waals surface area contributed by atoms with Gasteiger partial charge in [0.15, 0.2) is 5.82 Å². The SMILES string of the molecule is CCOC(=O)c1cnc(COC)nc1CCl. The largest absolute Gasteiger partial charge is 0.462 e. The van der Waals surface area contributed by atoms with Crippen LogP contribution in [0.3, 0.4) is 0 Å². The lowest BCUT2D eigenvalue weighted by atomic mass is 10.2. The van der Waals surface area contributed by atoms with Crippen LogP contribution in [-0.4, -0.2) is 29.7 Å². The number of hydrogen-bond acceptors (Lipinski definition) is 5. The minimum Gasteiger partial charge on any atom is -0.462 e. The van der Waals surface area contributed by atoms with Crippen LogP contribution in [0.1, 0.15) is 28.8 Å². The van der Waals surface area contributed by atoms with E-state index in [4.69, 9.17) is 21.1 Å². The Morgan fingerprint density at radius 1 is 1.56 bits per heavy atom. The number of rotatable bonds is 5. The number of carbonyl (C=O) groups excluding carboxylic acids is 1. The fraction of sp³-hybridized carbons (Fsp3) is 0.500. The zero-order valence-corrected chi connectivity index (χ0v) is 9.95. The molecular formula is C10H13ClN2O3. The standard InChI is InChI=1S/C10H13ClN2O3/c1-3-16-10(14)7-5-12-9(6-15-2)13-8(7)4-11/h5H,3-4,6H2,1-2H3. The summed E-state index contributed by atoms with van der Waals surface area (Å²) in [5, 5.41) is 0. The Kier molecular flexibility index (Phi) is 5.14. The van der Waals surface area contributed by atoms with E-state index < -0.39 is 5.97 Å². The summed E-state index contributed by atoms with van der Waals surface area (Å²) in [5.41, 5.74) is 0.763. The maximum Gasteiger partial charge on any atom is 0.341 e. The van der Waals surface area contributed by atoms with E-state index in [0.717, 1.165) is 0 Å². The Bertz CT molecular complexity index is 371. The summed E-state index contributed by atoms with van der Waals surface area (Å²) in [4.78, 5) is 19.6. The summed E-state index contributed by atoms with van der Waals surface area (Å²) in [6.07, 6.45) is 1.41. The Hall–Kier alpha value is -1.20. The molecular weight excluding hydrogens is 232 g/mol. The summed E-state index contributed by atoms with van der Waals surface area (Å²) in [7, 11) is 1.54. The molecule has 0 atom stereocenters. The third kappa shape index (κ3) is 3.15. The molecule has 0 aliphatic carbocycles. The van der Waals surface area contributed by atoms with Crippen LogP contribution >= 0.6 is 11.6 Å². The summed E-state index contributed by atoms with van der Waals surface area (Å²) >= 11 is 5.71. The summed E-state index contributed by atoms with van der Waals surface area (Å²) in [6.45, 7) is 2.33. The minimum absolute atomic E-state index is 0.132. The summed E-state index contributed by atoms with van der Waals surface area (Å²) in [6, 6.07) is 0. The van der Waals surface area contributed by atoms with Crippen LogP contribution in [0.2, 0.25) is 0 Å². The van der Waals surface area contributed by atoms with E-state index in [1.165, 1.54) is 6.20 Å². The molecule has 0 saturated carbocycles. The van der Waals surface area contributed by atoms with Gasteiger partial charge in [-0.15, -0.1) is 11.6 Å². The molecule has 1 rings (SSSR count). The van der Waals surface area contributed by atoms with Gasteiger partial charge in [0.25, 0.3) is 0 Å². The van der Waals surface area contributed by atoms with Crippen molar-refractivity contribution in [1.29, 1.82) is 0 Å². The number of ether oxygens (including phenoxy) is 2. The van der Waals surface area contributed by atoms with E-state index >= 15 is 0 Å². The molecule has 5 nitrogen and oxygen atoms in total. The van der Waals surface area contributed by atoms with Crippen molar-refractivity contribution in [2.45, 2.75) is 19.4 Å². The van der Waals surface area contributed by atoms with E-state index in [1.54, 1.807) is 14.0 Å². The van der Waals surface area contributed by atoms with Crippen molar-refractivity contribution in [1.82, 2.24) is 9.97 Å². The van der Waals surface area contributed by atoms with Crippen molar-refractivity contribution in [3.05, 3.63) is 23.3 Å². The molecule has 0 unspecified atom stereocenters. The van der Waals surface area contributed by atoms with Crippen LogP contribution in [0.4, 0.5) is 0 Å². The molecule has 1 aromatic rings. The van der Waals surface area contributed by atoms with Gasteiger partial charge in [-0.3, -0.25) is 0 Å². The number of esters is 1. The number of nitrogens with zero attached hydrogens (tertiary/aromatic N) is 2. The lowest BCUT2D eigenvalue weighted by Crippen LogP contribution is -2.11. The zero-order chi connectivity index (χ0) is 12.0. The Morgan fingerprint density at radius 3 is 2.88 bits per heavy atom. The second-order valence-corrected chi connectivity index (χ2v) is 3.20. The topological polar surface area (TPSA) is 61.3 Å². The van der Waals surface area contributed by atoms with E-state index in [0.29, 0.717) is 23.7 Å². The van der Waals surface area contributed by atoms with Crippen molar-refractivity contribution < 1.29 is 14.3 Å². The number of carbonyl (C=O) groups is 1. The average molecular weight is 245 g/mol. The van der Waals surface area contributed by atoms with E-state index in [2.05, 4.69) is 9.97 Å². The van der Waals surface area contributed by atoms with Gasteiger partial charge in [0, 0.05) is 13.3 Å². The zero-order valence-electron chi connectivity index (χ0n) is 9.20. The fourth-order valence-electron chi connectivity index (χ4n) is 1.14. The van der Waals surface area contributed by atoms with E-state index in [-0.39, 0.29) is 12.5 Å². The van der Waals surface area contributed by atoms with Gasteiger partial charge in [0.2, 0.25) is 0 Å². The summed E-state index contributed by atoms with van der Waals surface area (Å²) in [5.74, 6) is 0.168. The van der Waals surface area contributed by atoms with Gasteiger partial charge in [-0.1, -0.05) is 0 Å². The van der Waals surface area contributed by atoms with Crippen molar-refractivity contribution in [3.63, 3.8) is 0 Å². The monoisotopic (exact) mass is 244 g/mol. The molecule has 0 N–H and O–H groups in total. The second-order valence-electron chi connectivity index (χ2n) is 2.93. The molecule has 0 radical (unpaired) electrons.